The van der Waals surface area contributed by atoms with E-state index in [-0.39, 0.29) is 29.6 Å². The van der Waals surface area contributed by atoms with Crippen LogP contribution in [0.1, 0.15) is 66.6 Å². The van der Waals surface area contributed by atoms with E-state index in [1.807, 2.05) is 12.1 Å². The average Bonchev–Trinajstić information content (AvgIpc) is 3.51. The van der Waals surface area contributed by atoms with Gasteiger partial charge in [-0.05, 0) is 74.9 Å². The molecule has 2 aliphatic heterocycles. The topological polar surface area (TPSA) is 55.8 Å². The first-order valence-electron chi connectivity index (χ1n) is 10.3. The Labute approximate surface area is 175 Å². The highest BCUT2D eigenvalue weighted by Crippen LogP contribution is 2.57. The number of carboxylic acid groups (broad SMARTS) is 1. The van der Waals surface area contributed by atoms with Crippen LogP contribution in [0.5, 0.6) is 5.75 Å². The summed E-state index contributed by atoms with van der Waals surface area (Å²) in [5, 5.41) is 10.2. The van der Waals surface area contributed by atoms with Gasteiger partial charge in [0, 0.05) is 22.4 Å². The van der Waals surface area contributed by atoms with Crippen molar-refractivity contribution < 1.29 is 19.4 Å². The van der Waals surface area contributed by atoms with Gasteiger partial charge in [-0.1, -0.05) is 23.7 Å². The number of aromatic carboxylic acids is 1. The predicted molar refractivity (Wildman–Crippen MR) is 111 cm³/mol. The molecule has 1 saturated heterocycles. The second kappa shape index (κ2) is 6.75. The highest BCUT2D eigenvalue weighted by molar-refractivity contribution is 6.30. The van der Waals surface area contributed by atoms with Crippen LogP contribution in [0.15, 0.2) is 42.5 Å². The van der Waals surface area contributed by atoms with Gasteiger partial charge >= 0.3 is 5.97 Å². The molecule has 2 fully saturated rings. The number of carbonyl (C=O) groups is 1. The third kappa shape index (κ3) is 3.32. The summed E-state index contributed by atoms with van der Waals surface area (Å²) in [4.78, 5) is 11.5. The normalized spacial score (nSPS) is 30.0. The van der Waals surface area contributed by atoms with Crippen molar-refractivity contribution in [3.05, 3.63) is 64.2 Å². The second-order valence-corrected chi connectivity index (χ2v) is 9.56. The maximum Gasteiger partial charge on any atom is 0.335 e. The summed E-state index contributed by atoms with van der Waals surface area (Å²) in [6.45, 7) is 4.21. The smallest absolute Gasteiger partial charge is 0.335 e. The zero-order valence-corrected chi connectivity index (χ0v) is 17.4. The van der Waals surface area contributed by atoms with E-state index < -0.39 is 11.6 Å². The highest BCUT2D eigenvalue weighted by Gasteiger charge is 2.53. The van der Waals surface area contributed by atoms with Gasteiger partial charge in [-0.25, -0.2) is 4.79 Å². The lowest BCUT2D eigenvalue weighted by Crippen LogP contribution is -2.51. The fourth-order valence-corrected chi connectivity index (χ4v) is 5.31. The lowest BCUT2D eigenvalue weighted by molar-refractivity contribution is -0.164. The van der Waals surface area contributed by atoms with Crippen molar-refractivity contribution in [3.8, 4) is 5.75 Å². The van der Waals surface area contributed by atoms with Crippen molar-refractivity contribution in [1.29, 1.82) is 0 Å². The van der Waals surface area contributed by atoms with Gasteiger partial charge in [0.25, 0.3) is 0 Å². The molecule has 0 radical (unpaired) electrons. The fraction of sp³-hybridized carbons (Fsp3) is 0.458. The van der Waals surface area contributed by atoms with Crippen LogP contribution in [0.3, 0.4) is 0 Å². The molecule has 5 heteroatoms. The Morgan fingerprint density at radius 2 is 1.97 bits per heavy atom. The average molecular weight is 413 g/mol. The monoisotopic (exact) mass is 412 g/mol. The molecule has 0 amide bonds. The van der Waals surface area contributed by atoms with Crippen molar-refractivity contribution in [1.82, 2.24) is 0 Å². The number of ether oxygens (including phenoxy) is 2. The highest BCUT2D eigenvalue weighted by atomic mass is 35.5. The van der Waals surface area contributed by atoms with Crippen molar-refractivity contribution in [2.45, 2.75) is 56.8 Å². The molecule has 5 rings (SSSR count). The molecule has 2 heterocycles. The Morgan fingerprint density at radius 3 is 2.66 bits per heavy atom. The fourth-order valence-electron chi connectivity index (χ4n) is 5.11. The minimum absolute atomic E-state index is 0.116. The van der Waals surface area contributed by atoms with Crippen LogP contribution in [-0.4, -0.2) is 22.8 Å². The van der Waals surface area contributed by atoms with E-state index in [1.54, 1.807) is 18.2 Å². The second-order valence-electron chi connectivity index (χ2n) is 9.13. The van der Waals surface area contributed by atoms with Crippen LogP contribution in [0.2, 0.25) is 5.02 Å². The van der Waals surface area contributed by atoms with Crippen molar-refractivity contribution in [3.63, 3.8) is 0 Å². The van der Waals surface area contributed by atoms with Gasteiger partial charge in [0.05, 0.1) is 17.8 Å². The van der Waals surface area contributed by atoms with E-state index in [2.05, 4.69) is 26.0 Å². The molecule has 4 atom stereocenters. The SMILES string of the molecule is CC1(C)Oc2ccc(C(=O)O)cc2[C@H]2O[C@H](C3CC3)[C@H](c3cccc(Cl)c3)C[C@H]21. The maximum absolute atomic E-state index is 11.5. The van der Waals surface area contributed by atoms with Crippen molar-refractivity contribution in [2.75, 3.05) is 0 Å². The largest absolute Gasteiger partial charge is 0.487 e. The van der Waals surface area contributed by atoms with Gasteiger partial charge in [-0.3, -0.25) is 0 Å². The van der Waals surface area contributed by atoms with Crippen LogP contribution in [0.25, 0.3) is 0 Å². The lowest BCUT2D eigenvalue weighted by atomic mass is 9.69. The molecule has 0 bridgehead atoms. The summed E-state index contributed by atoms with van der Waals surface area (Å²) in [7, 11) is 0. The Morgan fingerprint density at radius 1 is 1.17 bits per heavy atom. The Kier molecular flexibility index (Phi) is 4.41. The van der Waals surface area contributed by atoms with Crippen LogP contribution in [0.4, 0.5) is 0 Å². The third-order valence-corrected chi connectivity index (χ3v) is 7.00. The van der Waals surface area contributed by atoms with Gasteiger partial charge in [0.15, 0.2) is 0 Å². The first kappa shape index (κ1) is 19.0. The molecule has 0 spiro atoms. The van der Waals surface area contributed by atoms with Crippen molar-refractivity contribution in [2.24, 2.45) is 11.8 Å². The lowest BCUT2D eigenvalue weighted by Gasteiger charge is -2.51. The van der Waals surface area contributed by atoms with E-state index in [9.17, 15) is 9.90 Å². The van der Waals surface area contributed by atoms with Crippen molar-refractivity contribution >= 4 is 17.6 Å². The van der Waals surface area contributed by atoms with E-state index in [4.69, 9.17) is 21.1 Å². The summed E-state index contributed by atoms with van der Waals surface area (Å²) in [6, 6.07) is 13.2. The van der Waals surface area contributed by atoms with Crippen LogP contribution >= 0.6 is 11.6 Å². The third-order valence-electron chi connectivity index (χ3n) is 6.77. The van der Waals surface area contributed by atoms with E-state index in [0.717, 1.165) is 22.8 Å². The Hall–Kier alpha value is -2.04. The van der Waals surface area contributed by atoms with E-state index >= 15 is 0 Å². The molecule has 1 aliphatic carbocycles. The van der Waals surface area contributed by atoms with Crippen LogP contribution in [-0.2, 0) is 4.74 Å². The van der Waals surface area contributed by atoms with Gasteiger partial charge in [0.2, 0.25) is 0 Å². The zero-order chi connectivity index (χ0) is 20.3. The Balaban J connectivity index is 1.57. The molecule has 1 saturated carbocycles. The summed E-state index contributed by atoms with van der Waals surface area (Å²) in [5.74, 6) is 0.738. The summed E-state index contributed by atoms with van der Waals surface area (Å²) in [5.41, 5.74) is 1.95. The molecule has 3 aliphatic rings. The molecule has 0 aromatic heterocycles. The molecule has 2 aromatic carbocycles. The summed E-state index contributed by atoms with van der Waals surface area (Å²) < 4.78 is 13.1. The molecular formula is C24H25ClO4. The van der Waals surface area contributed by atoms with Crippen LogP contribution < -0.4 is 4.74 Å². The number of hydrogen-bond donors (Lipinski definition) is 1. The number of carboxylic acids is 1. The number of benzene rings is 2. The van der Waals surface area contributed by atoms with Crippen LogP contribution in [0, 0.1) is 11.8 Å². The first-order chi connectivity index (χ1) is 13.8. The Bertz CT molecular complexity index is 965. The number of hydrogen-bond acceptors (Lipinski definition) is 3. The summed E-state index contributed by atoms with van der Waals surface area (Å²) >= 11 is 6.29. The molecule has 0 unspecified atom stereocenters. The standard InChI is InChI=1S/C24H25ClO4/c1-24(2)19-12-17(14-4-3-5-16(25)10-14)21(13-6-7-13)28-22(19)18-11-15(23(26)27)8-9-20(18)29-24/h3-5,8-11,13,17,19,21-22H,6-7,12H2,1-2H3,(H,26,27)/t17-,19+,21+,22+/m0/s1. The number of rotatable bonds is 3. The number of halogens is 1. The molecule has 29 heavy (non-hydrogen) atoms. The number of fused-ring (bicyclic) bond motifs is 3. The van der Waals surface area contributed by atoms with Gasteiger partial charge in [0.1, 0.15) is 11.4 Å². The van der Waals surface area contributed by atoms with E-state index in [1.165, 1.54) is 18.4 Å². The van der Waals surface area contributed by atoms with Gasteiger partial charge in [-0.15, -0.1) is 0 Å². The van der Waals surface area contributed by atoms with Gasteiger partial charge in [-0.2, -0.15) is 0 Å². The molecule has 152 valence electrons. The maximum atomic E-state index is 11.5. The first-order valence-corrected chi connectivity index (χ1v) is 10.7. The van der Waals surface area contributed by atoms with Gasteiger partial charge < -0.3 is 14.6 Å². The minimum Gasteiger partial charge on any atom is -0.487 e. The minimum atomic E-state index is -0.930. The predicted octanol–water partition coefficient (Wildman–Crippen LogP) is 5.85. The molecule has 4 nitrogen and oxygen atoms in total. The molecular weight excluding hydrogens is 388 g/mol. The quantitative estimate of drug-likeness (QED) is 0.687. The zero-order valence-electron chi connectivity index (χ0n) is 16.6. The molecule has 1 N–H and O–H groups in total. The molecule has 2 aromatic rings. The summed E-state index contributed by atoms with van der Waals surface area (Å²) in [6.07, 6.45) is 3.25. The van der Waals surface area contributed by atoms with E-state index in [0.29, 0.717) is 5.92 Å².